The smallest absolute Gasteiger partial charge is 0.258 e. The third-order valence-electron chi connectivity index (χ3n) is 4.23. The van der Waals surface area contributed by atoms with Gasteiger partial charge in [0, 0.05) is 11.6 Å². The van der Waals surface area contributed by atoms with E-state index in [1.807, 2.05) is 48.6 Å². The molecule has 2 aliphatic rings. The summed E-state index contributed by atoms with van der Waals surface area (Å²) in [5.74, 6) is 0.570. The Morgan fingerprint density at radius 2 is 2.04 bits per heavy atom. The fourth-order valence-corrected chi connectivity index (χ4v) is 2.92. The molecule has 134 valence electrons. The molecule has 1 amide bonds. The quantitative estimate of drug-likeness (QED) is 0.909. The predicted molar refractivity (Wildman–Crippen MR) is 93.8 cm³/mol. The molecule has 1 aliphatic carbocycles. The molecular formula is C19H18N2O5. The highest BCUT2D eigenvalue weighted by molar-refractivity contribution is 5.93. The number of nitrogens with one attached hydrogen (secondary N) is 1. The molecule has 2 aromatic rings. The van der Waals surface area contributed by atoms with Gasteiger partial charge >= 0.3 is 0 Å². The van der Waals surface area contributed by atoms with E-state index in [1.54, 1.807) is 13.2 Å². The van der Waals surface area contributed by atoms with Gasteiger partial charge in [0.05, 0.1) is 13.7 Å². The number of hydrogen-bond acceptors (Lipinski definition) is 6. The number of para-hydroxylation sites is 1. The van der Waals surface area contributed by atoms with Gasteiger partial charge in [-0.15, -0.1) is 0 Å². The highest BCUT2D eigenvalue weighted by atomic mass is 16.6. The maximum atomic E-state index is 12.4. The molecule has 7 heteroatoms. The third-order valence-corrected chi connectivity index (χ3v) is 4.23. The Kier molecular flexibility index (Phi) is 4.55. The standard InChI is InChI=1S/C19H18N2O5/c1-23-14-7-3-2-6-12(14)13-10-18(26-21-13)20-19(22)17-11-24-15-8-4-5-9-16(15)25-17/h2-10,15-17H,11H2,1H3,(H,20,22). The summed E-state index contributed by atoms with van der Waals surface area (Å²) in [7, 11) is 1.59. The van der Waals surface area contributed by atoms with Gasteiger partial charge in [-0.05, 0) is 12.1 Å². The second kappa shape index (κ2) is 7.15. The Bertz CT molecular complexity index is 857. The first-order valence-corrected chi connectivity index (χ1v) is 8.27. The maximum absolute atomic E-state index is 12.4. The van der Waals surface area contributed by atoms with E-state index in [1.165, 1.54) is 0 Å². The Morgan fingerprint density at radius 3 is 2.88 bits per heavy atom. The number of ether oxygens (including phenoxy) is 3. The minimum absolute atomic E-state index is 0.147. The summed E-state index contributed by atoms with van der Waals surface area (Å²) >= 11 is 0. The van der Waals surface area contributed by atoms with Crippen molar-refractivity contribution in [1.82, 2.24) is 5.16 Å². The van der Waals surface area contributed by atoms with Gasteiger partial charge in [-0.1, -0.05) is 41.6 Å². The first-order chi connectivity index (χ1) is 12.7. The summed E-state index contributed by atoms with van der Waals surface area (Å²) in [6.45, 7) is 0.179. The van der Waals surface area contributed by atoms with Crippen LogP contribution in [0.3, 0.4) is 0 Å². The lowest BCUT2D eigenvalue weighted by atomic mass is 10.1. The van der Waals surface area contributed by atoms with Gasteiger partial charge in [0.2, 0.25) is 5.88 Å². The van der Waals surface area contributed by atoms with Gasteiger partial charge in [0.15, 0.2) is 6.10 Å². The number of methoxy groups -OCH3 is 1. The highest BCUT2D eigenvalue weighted by Crippen LogP contribution is 2.30. The number of anilines is 1. The topological polar surface area (TPSA) is 82.8 Å². The molecule has 2 heterocycles. The van der Waals surface area contributed by atoms with Crippen LogP contribution in [0.4, 0.5) is 5.88 Å². The number of aromatic nitrogens is 1. The number of carbonyl (C=O) groups is 1. The monoisotopic (exact) mass is 354 g/mol. The number of hydrogen-bond donors (Lipinski definition) is 1. The van der Waals surface area contributed by atoms with Crippen LogP contribution in [-0.2, 0) is 14.3 Å². The Balaban J connectivity index is 1.43. The second-order valence-electron chi connectivity index (χ2n) is 5.92. The Hall–Kier alpha value is -2.90. The van der Waals surface area contributed by atoms with Crippen LogP contribution < -0.4 is 10.1 Å². The first kappa shape index (κ1) is 16.6. The van der Waals surface area contributed by atoms with Crippen molar-refractivity contribution in [3.8, 4) is 17.0 Å². The van der Waals surface area contributed by atoms with Gasteiger partial charge in [0.1, 0.15) is 23.7 Å². The SMILES string of the molecule is COc1ccccc1-c1cc(NC(=O)C2COC3C=CC=CC3O2)on1. The molecule has 26 heavy (non-hydrogen) atoms. The number of fused-ring (bicyclic) bond motifs is 1. The molecule has 3 atom stereocenters. The number of allylic oxidation sites excluding steroid dienone is 2. The largest absolute Gasteiger partial charge is 0.496 e. The second-order valence-corrected chi connectivity index (χ2v) is 5.92. The van der Waals surface area contributed by atoms with E-state index in [0.717, 1.165) is 5.56 Å². The van der Waals surface area contributed by atoms with Crippen LogP contribution in [-0.4, -0.2) is 43.1 Å². The van der Waals surface area contributed by atoms with Crippen molar-refractivity contribution in [2.75, 3.05) is 19.0 Å². The Labute approximate surface area is 150 Å². The van der Waals surface area contributed by atoms with Crippen LogP contribution in [0.5, 0.6) is 5.75 Å². The zero-order valence-corrected chi connectivity index (χ0v) is 14.1. The van der Waals surface area contributed by atoms with E-state index in [0.29, 0.717) is 11.4 Å². The van der Waals surface area contributed by atoms with Crippen molar-refractivity contribution in [3.05, 3.63) is 54.6 Å². The molecule has 7 nitrogen and oxygen atoms in total. The molecule has 1 fully saturated rings. The van der Waals surface area contributed by atoms with E-state index in [-0.39, 0.29) is 30.6 Å². The van der Waals surface area contributed by atoms with Crippen molar-refractivity contribution in [2.45, 2.75) is 18.3 Å². The normalized spacial score (nSPS) is 24.1. The molecule has 0 spiro atoms. The highest BCUT2D eigenvalue weighted by Gasteiger charge is 2.34. The summed E-state index contributed by atoms with van der Waals surface area (Å²) in [4.78, 5) is 12.4. The lowest BCUT2D eigenvalue weighted by Gasteiger charge is -2.33. The van der Waals surface area contributed by atoms with Crippen LogP contribution in [0.2, 0.25) is 0 Å². The fourth-order valence-electron chi connectivity index (χ4n) is 2.92. The molecule has 1 aromatic carbocycles. The molecule has 1 aliphatic heterocycles. The van der Waals surface area contributed by atoms with Crippen molar-refractivity contribution < 1.29 is 23.5 Å². The molecule has 1 aromatic heterocycles. The minimum Gasteiger partial charge on any atom is -0.496 e. The van der Waals surface area contributed by atoms with Gasteiger partial charge in [0.25, 0.3) is 5.91 Å². The molecule has 0 saturated carbocycles. The van der Waals surface area contributed by atoms with Crippen LogP contribution in [0.1, 0.15) is 0 Å². The zero-order valence-electron chi connectivity index (χ0n) is 14.1. The minimum atomic E-state index is -0.716. The van der Waals surface area contributed by atoms with Gasteiger partial charge < -0.3 is 18.7 Å². The molecule has 1 saturated heterocycles. The third kappa shape index (κ3) is 3.26. The van der Waals surface area contributed by atoms with E-state index >= 15 is 0 Å². The van der Waals surface area contributed by atoms with Crippen molar-refractivity contribution in [3.63, 3.8) is 0 Å². The maximum Gasteiger partial charge on any atom is 0.258 e. The molecule has 1 N–H and O–H groups in total. The number of amides is 1. The molecular weight excluding hydrogens is 336 g/mol. The molecule has 3 unspecified atom stereocenters. The van der Waals surface area contributed by atoms with Gasteiger partial charge in [-0.3, -0.25) is 10.1 Å². The predicted octanol–water partition coefficient (Wildman–Crippen LogP) is 2.57. The number of nitrogens with zero attached hydrogens (tertiary/aromatic N) is 1. The number of carbonyl (C=O) groups excluding carboxylic acids is 1. The van der Waals surface area contributed by atoms with E-state index in [9.17, 15) is 4.79 Å². The summed E-state index contributed by atoms with van der Waals surface area (Å²) in [6, 6.07) is 9.08. The molecule has 0 radical (unpaired) electrons. The van der Waals surface area contributed by atoms with E-state index < -0.39 is 6.10 Å². The van der Waals surface area contributed by atoms with Crippen LogP contribution in [0, 0.1) is 0 Å². The van der Waals surface area contributed by atoms with Crippen LogP contribution in [0.15, 0.2) is 59.2 Å². The molecule has 4 rings (SSSR count). The van der Waals surface area contributed by atoms with Crippen molar-refractivity contribution >= 4 is 11.8 Å². The average molecular weight is 354 g/mol. The molecule has 0 bridgehead atoms. The average Bonchev–Trinajstić information content (AvgIpc) is 3.15. The van der Waals surface area contributed by atoms with E-state index in [2.05, 4.69) is 10.5 Å². The first-order valence-electron chi connectivity index (χ1n) is 8.27. The van der Waals surface area contributed by atoms with Crippen molar-refractivity contribution in [1.29, 1.82) is 0 Å². The number of rotatable bonds is 4. The lowest BCUT2D eigenvalue weighted by molar-refractivity contribution is -0.164. The van der Waals surface area contributed by atoms with Crippen LogP contribution in [0.25, 0.3) is 11.3 Å². The summed E-state index contributed by atoms with van der Waals surface area (Å²) in [5, 5.41) is 6.68. The van der Waals surface area contributed by atoms with E-state index in [4.69, 9.17) is 18.7 Å². The van der Waals surface area contributed by atoms with Crippen LogP contribution >= 0.6 is 0 Å². The number of benzene rings is 1. The van der Waals surface area contributed by atoms with Gasteiger partial charge in [-0.25, -0.2) is 0 Å². The summed E-state index contributed by atoms with van der Waals surface area (Å²) < 4.78 is 22.0. The fraction of sp³-hybridized carbons (Fsp3) is 0.263. The summed E-state index contributed by atoms with van der Waals surface area (Å²) in [5.41, 5.74) is 1.34. The van der Waals surface area contributed by atoms with Gasteiger partial charge in [-0.2, -0.15) is 0 Å². The lowest BCUT2D eigenvalue weighted by Crippen LogP contribution is -2.47. The van der Waals surface area contributed by atoms with Crippen molar-refractivity contribution in [2.24, 2.45) is 0 Å². The zero-order chi connectivity index (χ0) is 17.9. The summed E-state index contributed by atoms with van der Waals surface area (Å²) in [6.07, 6.45) is 6.44. The Morgan fingerprint density at radius 1 is 1.23 bits per heavy atom.